The Morgan fingerprint density at radius 1 is 1.43 bits per heavy atom. The fourth-order valence-corrected chi connectivity index (χ4v) is 2.84. The van der Waals surface area contributed by atoms with Crippen molar-refractivity contribution in [1.29, 1.82) is 5.26 Å². The third-order valence-corrected chi connectivity index (χ3v) is 4.04. The second kappa shape index (κ2) is 7.24. The van der Waals surface area contributed by atoms with Crippen LogP contribution in [0.3, 0.4) is 0 Å². The molecule has 1 aliphatic heterocycles. The maximum atomic E-state index is 12.6. The van der Waals surface area contributed by atoms with Gasteiger partial charge < -0.3 is 9.64 Å². The van der Waals surface area contributed by atoms with E-state index in [4.69, 9.17) is 10.00 Å². The summed E-state index contributed by atoms with van der Waals surface area (Å²) >= 11 is 0. The van der Waals surface area contributed by atoms with E-state index in [-0.39, 0.29) is 17.9 Å². The molecule has 0 N–H and O–H groups in total. The predicted molar refractivity (Wildman–Crippen MR) is 80.4 cm³/mol. The summed E-state index contributed by atoms with van der Waals surface area (Å²) in [5, 5.41) is 8.80. The second-order valence-corrected chi connectivity index (χ2v) is 5.57. The number of hydrogen-bond acceptors (Lipinski definition) is 3. The summed E-state index contributed by atoms with van der Waals surface area (Å²) in [7, 11) is 1.84. The van der Waals surface area contributed by atoms with Gasteiger partial charge in [-0.25, -0.2) is 0 Å². The highest BCUT2D eigenvalue weighted by molar-refractivity contribution is 5.79. The maximum absolute atomic E-state index is 12.6. The van der Waals surface area contributed by atoms with Gasteiger partial charge in [0.05, 0.1) is 23.7 Å². The molecule has 1 heterocycles. The molecule has 4 nitrogen and oxygen atoms in total. The van der Waals surface area contributed by atoms with Crippen molar-refractivity contribution in [1.82, 2.24) is 4.90 Å². The third-order valence-electron chi connectivity index (χ3n) is 4.04. The highest BCUT2D eigenvalue weighted by Crippen LogP contribution is 2.25. The molecule has 1 aliphatic rings. The van der Waals surface area contributed by atoms with Gasteiger partial charge in [0.25, 0.3) is 0 Å². The van der Waals surface area contributed by atoms with Crippen molar-refractivity contribution in [2.45, 2.75) is 38.8 Å². The van der Waals surface area contributed by atoms with Gasteiger partial charge in [0.2, 0.25) is 5.91 Å². The first-order valence-electron chi connectivity index (χ1n) is 7.51. The lowest BCUT2D eigenvalue weighted by atomic mass is 9.91. The molecule has 0 spiro atoms. The van der Waals surface area contributed by atoms with Gasteiger partial charge in [-0.3, -0.25) is 4.79 Å². The predicted octanol–water partition coefficient (Wildman–Crippen LogP) is 2.72. The van der Waals surface area contributed by atoms with Crippen LogP contribution >= 0.6 is 0 Å². The molecule has 2 atom stereocenters. The van der Waals surface area contributed by atoms with Crippen LogP contribution in [0, 0.1) is 17.2 Å². The summed E-state index contributed by atoms with van der Waals surface area (Å²) in [6.45, 7) is 3.40. The van der Waals surface area contributed by atoms with Gasteiger partial charge >= 0.3 is 0 Å². The van der Waals surface area contributed by atoms with E-state index in [2.05, 4.69) is 13.0 Å². The van der Waals surface area contributed by atoms with Crippen molar-refractivity contribution in [2.75, 3.05) is 13.7 Å². The smallest absolute Gasteiger partial charge is 0.228 e. The molecular formula is C17H22N2O2. The number of carbonyl (C=O) groups excluding carboxylic acids is 1. The normalized spacial score (nSPS) is 21.6. The van der Waals surface area contributed by atoms with Crippen molar-refractivity contribution in [3.05, 3.63) is 35.4 Å². The molecule has 1 aromatic rings. The van der Waals surface area contributed by atoms with E-state index >= 15 is 0 Å². The van der Waals surface area contributed by atoms with Crippen molar-refractivity contribution >= 4 is 5.91 Å². The zero-order valence-electron chi connectivity index (χ0n) is 12.7. The molecule has 21 heavy (non-hydrogen) atoms. The van der Waals surface area contributed by atoms with Crippen LogP contribution in [-0.4, -0.2) is 30.6 Å². The summed E-state index contributed by atoms with van der Waals surface area (Å²) in [5.41, 5.74) is 1.68. The average Bonchev–Trinajstić information content (AvgIpc) is 2.54. The van der Waals surface area contributed by atoms with Gasteiger partial charge in [0.1, 0.15) is 0 Å². The highest BCUT2D eigenvalue weighted by Gasteiger charge is 2.32. The summed E-state index contributed by atoms with van der Waals surface area (Å²) < 4.78 is 5.71. The molecule has 1 amide bonds. The largest absolute Gasteiger partial charge is 0.377 e. The quantitative estimate of drug-likeness (QED) is 0.855. The molecule has 0 aliphatic carbocycles. The first-order valence-corrected chi connectivity index (χ1v) is 7.51. The fourth-order valence-electron chi connectivity index (χ4n) is 2.84. The Hall–Kier alpha value is -1.86. The van der Waals surface area contributed by atoms with E-state index in [0.29, 0.717) is 12.1 Å². The average molecular weight is 286 g/mol. The summed E-state index contributed by atoms with van der Waals surface area (Å²) in [4.78, 5) is 14.4. The Bertz CT molecular complexity index is 519. The van der Waals surface area contributed by atoms with E-state index in [1.807, 2.05) is 19.2 Å². The van der Waals surface area contributed by atoms with Crippen LogP contribution in [0.5, 0.6) is 0 Å². The van der Waals surface area contributed by atoms with Gasteiger partial charge in [0.15, 0.2) is 0 Å². The van der Waals surface area contributed by atoms with E-state index in [9.17, 15) is 4.79 Å². The summed E-state index contributed by atoms with van der Waals surface area (Å²) in [6, 6.07) is 9.47. The Morgan fingerprint density at radius 3 is 2.76 bits per heavy atom. The molecule has 1 saturated heterocycles. The van der Waals surface area contributed by atoms with Crippen LogP contribution in [-0.2, 0) is 16.1 Å². The lowest BCUT2D eigenvalue weighted by Crippen LogP contribution is -2.41. The van der Waals surface area contributed by atoms with Crippen molar-refractivity contribution < 1.29 is 9.53 Å². The van der Waals surface area contributed by atoms with Gasteiger partial charge in [0, 0.05) is 20.2 Å². The van der Waals surface area contributed by atoms with E-state index in [1.54, 1.807) is 17.0 Å². The molecule has 112 valence electrons. The number of hydrogen-bond donors (Lipinski definition) is 0. The number of nitrogens with zero attached hydrogens (tertiary/aromatic N) is 2. The fraction of sp³-hybridized carbons (Fsp3) is 0.529. The zero-order valence-corrected chi connectivity index (χ0v) is 12.7. The Morgan fingerprint density at radius 2 is 2.14 bits per heavy atom. The van der Waals surface area contributed by atoms with E-state index < -0.39 is 0 Å². The minimum atomic E-state index is -0.0212. The van der Waals surface area contributed by atoms with Crippen molar-refractivity contribution in [3.8, 4) is 6.07 Å². The molecule has 1 fully saturated rings. The topological polar surface area (TPSA) is 53.3 Å². The minimum Gasteiger partial charge on any atom is -0.377 e. The Balaban J connectivity index is 1.99. The molecule has 0 bridgehead atoms. The van der Waals surface area contributed by atoms with Crippen LogP contribution in [0.2, 0.25) is 0 Å². The lowest BCUT2D eigenvalue weighted by molar-refractivity contribution is -0.144. The van der Waals surface area contributed by atoms with Crippen LogP contribution in [0.15, 0.2) is 24.3 Å². The highest BCUT2D eigenvalue weighted by atomic mass is 16.5. The number of rotatable bonds is 4. The second-order valence-electron chi connectivity index (χ2n) is 5.57. The number of nitriles is 1. The number of amides is 1. The number of benzene rings is 1. The van der Waals surface area contributed by atoms with E-state index in [1.165, 1.54) is 0 Å². The molecular weight excluding hydrogens is 264 g/mol. The summed E-state index contributed by atoms with van der Waals surface area (Å²) in [6.07, 6.45) is 2.79. The molecule has 2 unspecified atom stereocenters. The number of ether oxygens (including phenoxy) is 1. The molecule has 1 aromatic carbocycles. The van der Waals surface area contributed by atoms with Crippen LogP contribution < -0.4 is 0 Å². The summed E-state index contributed by atoms with van der Waals surface area (Å²) in [5.74, 6) is 0.137. The first kappa shape index (κ1) is 15.5. The number of carbonyl (C=O) groups is 1. The zero-order chi connectivity index (χ0) is 15.2. The van der Waals surface area contributed by atoms with Crippen LogP contribution in [0.1, 0.15) is 37.3 Å². The molecule has 2 rings (SSSR count). The minimum absolute atomic E-state index is 0.0212. The molecule has 0 radical (unpaired) electrons. The monoisotopic (exact) mass is 286 g/mol. The van der Waals surface area contributed by atoms with Gasteiger partial charge in [-0.05, 0) is 37.0 Å². The van der Waals surface area contributed by atoms with Gasteiger partial charge in [-0.2, -0.15) is 5.26 Å². The molecule has 0 aromatic heterocycles. The molecule has 0 saturated carbocycles. The van der Waals surface area contributed by atoms with Crippen LogP contribution in [0.4, 0.5) is 0 Å². The third kappa shape index (κ3) is 3.83. The van der Waals surface area contributed by atoms with Gasteiger partial charge in [-0.15, -0.1) is 0 Å². The Labute approximate surface area is 126 Å². The van der Waals surface area contributed by atoms with E-state index in [0.717, 1.165) is 31.4 Å². The van der Waals surface area contributed by atoms with Crippen molar-refractivity contribution in [3.63, 3.8) is 0 Å². The van der Waals surface area contributed by atoms with Gasteiger partial charge in [-0.1, -0.05) is 19.1 Å². The standard InChI is InChI=1S/C17H22N2O2/c1-3-16-15(5-4-10-21-16)17(20)19(2)12-14-8-6-13(11-18)7-9-14/h6-9,15-16H,3-5,10,12H2,1-2H3. The SMILES string of the molecule is CCC1OCCCC1C(=O)N(C)Cc1ccc(C#N)cc1. The molecule has 4 heteroatoms. The Kier molecular flexibility index (Phi) is 5.35. The van der Waals surface area contributed by atoms with Crippen molar-refractivity contribution in [2.24, 2.45) is 5.92 Å². The lowest BCUT2D eigenvalue weighted by Gasteiger charge is -2.33. The maximum Gasteiger partial charge on any atom is 0.228 e. The first-order chi connectivity index (χ1) is 10.2. The van der Waals surface area contributed by atoms with Crippen LogP contribution in [0.25, 0.3) is 0 Å².